The number of nitrogens with zero attached hydrogens (tertiary/aromatic N) is 2. The van der Waals surface area contributed by atoms with E-state index in [1.54, 1.807) is 16.0 Å². The van der Waals surface area contributed by atoms with Crippen molar-refractivity contribution in [2.75, 3.05) is 9.80 Å². The highest BCUT2D eigenvalue weighted by molar-refractivity contribution is 7.29. The lowest BCUT2D eigenvalue weighted by atomic mass is 9.35. The van der Waals surface area contributed by atoms with Crippen LogP contribution in [0, 0.1) is 6.92 Å². The normalized spacial score (nSPS) is 20.8. The molecule has 67 heavy (non-hydrogen) atoms. The van der Waals surface area contributed by atoms with Gasteiger partial charge in [-0.15, -0.1) is 0 Å². The van der Waals surface area contributed by atoms with Gasteiger partial charge in [-0.25, -0.2) is 0 Å². The molecule has 0 spiro atoms. The topological polar surface area (TPSA) is 6.48 Å². The molecule has 3 heterocycles. The quantitative estimate of drug-likeness (QED) is 0.163. The summed E-state index contributed by atoms with van der Waals surface area (Å²) in [5, 5.41) is 0. The van der Waals surface area contributed by atoms with Gasteiger partial charge in [0.2, 0.25) is 0 Å². The molecule has 2 nitrogen and oxygen atoms in total. The molecule has 0 radical (unpaired) electrons. The maximum atomic E-state index is 2.79. The number of thiophene rings is 1. The summed E-state index contributed by atoms with van der Waals surface area (Å²) in [5.41, 5.74) is 24.3. The molecule has 4 heteroatoms. The second-order valence-electron chi connectivity index (χ2n) is 26.7. The fourth-order valence-corrected chi connectivity index (χ4v) is 15.0. The Kier molecular flexibility index (Phi) is 9.58. The van der Waals surface area contributed by atoms with Crippen LogP contribution in [0.25, 0.3) is 11.1 Å². The molecule has 5 aromatic carbocycles. The van der Waals surface area contributed by atoms with E-state index in [1.165, 1.54) is 127 Å². The third kappa shape index (κ3) is 6.67. The zero-order valence-electron chi connectivity index (χ0n) is 43.8. The lowest BCUT2D eigenvalue weighted by Crippen LogP contribution is -2.61. The number of anilines is 6. The Balaban J connectivity index is 1.29. The van der Waals surface area contributed by atoms with Crippen LogP contribution in [0.3, 0.4) is 0 Å². The molecule has 5 aliphatic rings. The first-order valence-electron chi connectivity index (χ1n) is 25.7. The molecule has 0 saturated heterocycles. The summed E-state index contributed by atoms with van der Waals surface area (Å²) in [6.45, 7) is 39.6. The number of hydrogen-bond acceptors (Lipinski definition) is 3. The van der Waals surface area contributed by atoms with E-state index in [1.807, 2.05) is 0 Å². The highest BCUT2D eigenvalue weighted by atomic mass is 32.1. The maximum Gasteiger partial charge on any atom is 0.264 e. The van der Waals surface area contributed by atoms with Crippen molar-refractivity contribution >= 4 is 67.9 Å². The fraction of sp³-hybridized carbons (Fsp3) is 0.460. The van der Waals surface area contributed by atoms with Crippen molar-refractivity contribution in [3.05, 3.63) is 135 Å². The molecule has 0 saturated carbocycles. The Labute approximate surface area is 408 Å². The number of rotatable bonds is 3. The van der Waals surface area contributed by atoms with Crippen LogP contribution in [0.2, 0.25) is 0 Å². The van der Waals surface area contributed by atoms with Crippen molar-refractivity contribution < 1.29 is 0 Å². The summed E-state index contributed by atoms with van der Waals surface area (Å²) in [4.78, 5) is 7.11. The lowest BCUT2D eigenvalue weighted by Gasteiger charge is -2.48. The lowest BCUT2D eigenvalue weighted by molar-refractivity contribution is 0.332. The van der Waals surface area contributed by atoms with E-state index in [4.69, 9.17) is 0 Å². The van der Waals surface area contributed by atoms with Crippen molar-refractivity contribution in [2.45, 2.75) is 187 Å². The summed E-state index contributed by atoms with van der Waals surface area (Å²) in [6.07, 6.45) is 7.14. The summed E-state index contributed by atoms with van der Waals surface area (Å²) in [6, 6.07) is 36.8. The average molecular weight is 903 g/mol. The molecule has 1 aromatic heterocycles. The van der Waals surface area contributed by atoms with E-state index in [0.717, 1.165) is 0 Å². The number of aryl methyl sites for hydroxylation is 1. The molecular weight excluding hydrogens is 828 g/mol. The van der Waals surface area contributed by atoms with Gasteiger partial charge in [-0.1, -0.05) is 152 Å². The van der Waals surface area contributed by atoms with Crippen molar-refractivity contribution in [3.63, 3.8) is 0 Å². The monoisotopic (exact) mass is 903 g/mol. The molecule has 0 bridgehead atoms. The zero-order chi connectivity index (χ0) is 47.8. The summed E-state index contributed by atoms with van der Waals surface area (Å²) < 4.78 is 1.52. The Hall–Kier alpha value is -4.54. The van der Waals surface area contributed by atoms with Crippen LogP contribution in [0.4, 0.5) is 34.1 Å². The maximum absolute atomic E-state index is 2.79. The minimum absolute atomic E-state index is 0.000618. The van der Waals surface area contributed by atoms with Gasteiger partial charge in [-0.3, -0.25) is 0 Å². The van der Waals surface area contributed by atoms with Crippen LogP contribution in [0.1, 0.15) is 186 Å². The van der Waals surface area contributed by atoms with Gasteiger partial charge in [0.15, 0.2) is 0 Å². The molecular formula is C63H75BN2S. The van der Waals surface area contributed by atoms with E-state index >= 15 is 0 Å². The molecule has 2 aliphatic heterocycles. The molecule has 0 N–H and O–H groups in total. The van der Waals surface area contributed by atoms with Gasteiger partial charge in [0.05, 0.1) is 11.4 Å². The fourth-order valence-electron chi connectivity index (χ4n) is 13.3. The van der Waals surface area contributed by atoms with Gasteiger partial charge in [0, 0.05) is 38.0 Å². The largest absolute Gasteiger partial charge is 0.311 e. The highest BCUT2D eigenvalue weighted by Gasteiger charge is 2.52. The Morgan fingerprint density at radius 3 is 1.69 bits per heavy atom. The van der Waals surface area contributed by atoms with E-state index < -0.39 is 0 Å². The van der Waals surface area contributed by atoms with Crippen LogP contribution in [-0.2, 0) is 37.9 Å². The molecule has 346 valence electrons. The highest BCUT2D eigenvalue weighted by Crippen LogP contribution is 2.58. The van der Waals surface area contributed by atoms with E-state index in [9.17, 15) is 0 Å². The smallest absolute Gasteiger partial charge is 0.264 e. The third-order valence-electron chi connectivity index (χ3n) is 17.9. The minimum atomic E-state index is 0.000618. The Morgan fingerprint density at radius 1 is 0.507 bits per heavy atom. The molecule has 11 rings (SSSR count). The molecule has 3 aliphatic carbocycles. The molecule has 0 unspecified atom stereocenters. The van der Waals surface area contributed by atoms with Crippen LogP contribution >= 0.6 is 11.3 Å². The van der Waals surface area contributed by atoms with Gasteiger partial charge in [-0.05, 0) is 181 Å². The zero-order valence-corrected chi connectivity index (χ0v) is 44.6. The first-order valence-corrected chi connectivity index (χ1v) is 26.5. The molecule has 0 fully saturated rings. The second-order valence-corrected chi connectivity index (χ2v) is 27.7. The van der Waals surface area contributed by atoms with Crippen molar-refractivity contribution in [2.24, 2.45) is 0 Å². The molecule has 0 amide bonds. The second kappa shape index (κ2) is 14.3. The standard InChI is InChI=1S/C63H75BN2S/c1-38-32-50-53-51(33-38)66(48-25-22-40(57(2,3)4)34-42(48)39-20-18-17-19-21-39)54-52-55(63(15,16)31-30-62(52,13)14)67-56(54)64(53)47-36-45-46(61(11,12)29-28-60(45,9)10)37-49(47)65(50)41-23-24-43-44(35-41)59(7,8)27-26-58(43,5)6/h17-25,32-37H,26-31H2,1-16H3. The van der Waals surface area contributed by atoms with Crippen molar-refractivity contribution in [1.29, 1.82) is 0 Å². The van der Waals surface area contributed by atoms with E-state index in [-0.39, 0.29) is 44.6 Å². The summed E-state index contributed by atoms with van der Waals surface area (Å²) in [7, 11) is 0. The van der Waals surface area contributed by atoms with E-state index in [2.05, 4.69) is 223 Å². The Bertz CT molecular complexity index is 3040. The van der Waals surface area contributed by atoms with Crippen LogP contribution in [0.15, 0.2) is 91.0 Å². The van der Waals surface area contributed by atoms with Crippen LogP contribution in [0.5, 0.6) is 0 Å². The predicted molar refractivity (Wildman–Crippen MR) is 293 cm³/mol. The number of benzene rings is 5. The van der Waals surface area contributed by atoms with Gasteiger partial charge in [-0.2, -0.15) is 11.3 Å². The summed E-state index contributed by atoms with van der Waals surface area (Å²) in [5.74, 6) is 0. The SMILES string of the molecule is Cc1cc2c3c(c1)N(c1ccc(C(C)(C)C)cc1-c1ccccc1)c1c(sc4c1C(C)(C)CCC4(C)C)B3c1cc3c(cc1N2c1ccc2c(c1)C(C)(C)CCC2(C)C)C(C)(C)CCC3(C)C. The third-order valence-corrected chi connectivity index (χ3v) is 19.6. The Morgan fingerprint density at radius 2 is 1.06 bits per heavy atom. The average Bonchev–Trinajstić information content (AvgIpc) is 3.68. The predicted octanol–water partition coefficient (Wildman–Crippen LogP) is 16.2. The van der Waals surface area contributed by atoms with E-state index in [0.29, 0.717) is 0 Å². The minimum Gasteiger partial charge on any atom is -0.311 e. The number of hydrogen-bond donors (Lipinski definition) is 0. The van der Waals surface area contributed by atoms with Gasteiger partial charge in [0.25, 0.3) is 6.71 Å². The van der Waals surface area contributed by atoms with Gasteiger partial charge >= 0.3 is 0 Å². The van der Waals surface area contributed by atoms with Crippen molar-refractivity contribution in [1.82, 2.24) is 0 Å². The van der Waals surface area contributed by atoms with Gasteiger partial charge in [0.1, 0.15) is 0 Å². The summed E-state index contributed by atoms with van der Waals surface area (Å²) >= 11 is 2.15. The molecule has 0 atom stereocenters. The van der Waals surface area contributed by atoms with Crippen LogP contribution in [-0.4, -0.2) is 6.71 Å². The molecule has 6 aromatic rings. The first-order chi connectivity index (χ1) is 31.2. The number of fused-ring (bicyclic) bond motifs is 8. The first kappa shape index (κ1) is 44.9. The van der Waals surface area contributed by atoms with Gasteiger partial charge < -0.3 is 9.80 Å². The van der Waals surface area contributed by atoms with Crippen molar-refractivity contribution in [3.8, 4) is 11.1 Å². The van der Waals surface area contributed by atoms with Crippen LogP contribution < -0.4 is 25.5 Å².